The second-order valence-corrected chi connectivity index (χ2v) is 6.45. The molecule has 0 radical (unpaired) electrons. The van der Waals surface area contributed by atoms with Gasteiger partial charge in [-0.3, -0.25) is 14.6 Å². The summed E-state index contributed by atoms with van der Waals surface area (Å²) in [4.78, 5) is 26.5. The molecule has 3 rings (SSSR count). The van der Waals surface area contributed by atoms with E-state index in [9.17, 15) is 9.59 Å². The van der Waals surface area contributed by atoms with Crippen LogP contribution in [-0.4, -0.2) is 38.6 Å². The number of pyridine rings is 1. The predicted octanol–water partition coefficient (Wildman–Crippen LogP) is 2.28. The van der Waals surface area contributed by atoms with Crippen molar-refractivity contribution in [3.05, 3.63) is 41.0 Å². The molecule has 2 N–H and O–H groups in total. The number of fused-ring (bicyclic) bond motifs is 1. The summed E-state index contributed by atoms with van der Waals surface area (Å²) < 4.78 is 0. The number of carboxylic acids is 1. The van der Waals surface area contributed by atoms with Crippen molar-refractivity contribution in [1.82, 2.24) is 10.3 Å². The van der Waals surface area contributed by atoms with Gasteiger partial charge < -0.3 is 10.4 Å². The van der Waals surface area contributed by atoms with Gasteiger partial charge in [-0.25, -0.2) is 0 Å². The number of rotatable bonds is 4. The monoisotopic (exact) mass is 362 g/mol. The Hall–Kier alpha value is -2.45. The van der Waals surface area contributed by atoms with Gasteiger partial charge in [0.2, 0.25) is 5.91 Å². The Morgan fingerprint density at radius 3 is 3.08 bits per heavy atom. The van der Waals surface area contributed by atoms with Gasteiger partial charge >= 0.3 is 5.97 Å². The third-order valence-corrected chi connectivity index (χ3v) is 4.73. The fourth-order valence-electron chi connectivity index (χ4n) is 2.12. The maximum absolute atomic E-state index is 11.6. The highest BCUT2D eigenvalue weighted by atomic mass is 35.5. The molecule has 1 unspecified atom stereocenters. The van der Waals surface area contributed by atoms with Crippen LogP contribution in [0.2, 0.25) is 5.02 Å². The molecule has 1 aliphatic rings. The number of aliphatic carboxylic acids is 1. The van der Waals surface area contributed by atoms with E-state index in [0.717, 1.165) is 22.7 Å². The SMILES string of the molecule is O=C(O)CC1SC(=NN=Cc2ccc3ncccc3c2Cl)NC1=O. The molecule has 1 aliphatic heterocycles. The van der Waals surface area contributed by atoms with Gasteiger partial charge in [-0.2, -0.15) is 5.10 Å². The van der Waals surface area contributed by atoms with E-state index in [1.54, 1.807) is 18.3 Å². The molecule has 1 atom stereocenters. The average Bonchev–Trinajstić information content (AvgIpc) is 2.89. The van der Waals surface area contributed by atoms with Gasteiger partial charge in [0.15, 0.2) is 5.17 Å². The number of nitrogens with zero attached hydrogens (tertiary/aromatic N) is 3. The van der Waals surface area contributed by atoms with Crippen molar-refractivity contribution in [2.24, 2.45) is 10.2 Å². The summed E-state index contributed by atoms with van der Waals surface area (Å²) in [5, 5.41) is 19.9. The van der Waals surface area contributed by atoms with Crippen molar-refractivity contribution in [3.8, 4) is 0 Å². The van der Waals surface area contributed by atoms with E-state index in [1.165, 1.54) is 6.21 Å². The largest absolute Gasteiger partial charge is 0.481 e. The lowest BCUT2D eigenvalue weighted by Crippen LogP contribution is -2.26. The third-order valence-electron chi connectivity index (χ3n) is 3.23. The van der Waals surface area contributed by atoms with Crippen LogP contribution in [-0.2, 0) is 9.59 Å². The number of thioether (sulfide) groups is 1. The first-order valence-electron chi connectivity index (χ1n) is 6.88. The Labute approximate surface area is 145 Å². The lowest BCUT2D eigenvalue weighted by Gasteiger charge is -2.02. The number of aromatic nitrogens is 1. The highest BCUT2D eigenvalue weighted by molar-refractivity contribution is 8.15. The molecule has 2 heterocycles. The minimum Gasteiger partial charge on any atom is -0.481 e. The molecular formula is C15H11ClN4O3S. The van der Waals surface area contributed by atoms with Crippen LogP contribution in [0.3, 0.4) is 0 Å². The summed E-state index contributed by atoms with van der Waals surface area (Å²) in [7, 11) is 0. The minimum atomic E-state index is -1.04. The molecule has 0 aliphatic carbocycles. The van der Waals surface area contributed by atoms with E-state index in [2.05, 4.69) is 20.5 Å². The van der Waals surface area contributed by atoms with Crippen molar-refractivity contribution in [2.45, 2.75) is 11.7 Å². The molecular weight excluding hydrogens is 352 g/mol. The summed E-state index contributed by atoms with van der Waals surface area (Å²) in [5.74, 6) is -1.42. The number of halogens is 1. The Bertz CT molecular complexity index is 884. The molecule has 24 heavy (non-hydrogen) atoms. The maximum Gasteiger partial charge on any atom is 0.305 e. The number of carbonyl (C=O) groups is 2. The average molecular weight is 363 g/mol. The van der Waals surface area contributed by atoms with Crippen LogP contribution >= 0.6 is 23.4 Å². The van der Waals surface area contributed by atoms with Gasteiger partial charge in [-0.1, -0.05) is 23.4 Å². The van der Waals surface area contributed by atoms with Gasteiger partial charge in [0.25, 0.3) is 0 Å². The Balaban J connectivity index is 1.76. The third kappa shape index (κ3) is 3.55. The number of carboxylic acid groups (broad SMARTS) is 1. The van der Waals surface area contributed by atoms with E-state index in [1.807, 2.05) is 12.1 Å². The van der Waals surface area contributed by atoms with Crippen LogP contribution in [0.4, 0.5) is 0 Å². The normalized spacial score (nSPS) is 19.3. The minimum absolute atomic E-state index is 0.261. The van der Waals surface area contributed by atoms with Crippen molar-refractivity contribution >= 4 is 57.5 Å². The zero-order valence-electron chi connectivity index (χ0n) is 12.1. The first-order chi connectivity index (χ1) is 11.5. The quantitative estimate of drug-likeness (QED) is 0.641. The fourth-order valence-corrected chi connectivity index (χ4v) is 3.31. The van der Waals surface area contributed by atoms with Gasteiger partial charge in [0.1, 0.15) is 5.25 Å². The van der Waals surface area contributed by atoms with Crippen LogP contribution in [0.1, 0.15) is 12.0 Å². The molecule has 1 saturated heterocycles. The topological polar surface area (TPSA) is 104 Å². The number of carbonyl (C=O) groups excluding carboxylic acids is 1. The lowest BCUT2D eigenvalue weighted by atomic mass is 10.1. The number of hydrogen-bond donors (Lipinski definition) is 2. The Kier molecular flexibility index (Phi) is 4.77. The van der Waals surface area contributed by atoms with E-state index in [0.29, 0.717) is 10.6 Å². The second-order valence-electron chi connectivity index (χ2n) is 4.88. The molecule has 1 aromatic heterocycles. The molecule has 2 aromatic rings. The van der Waals surface area contributed by atoms with Crippen molar-refractivity contribution < 1.29 is 14.7 Å². The summed E-state index contributed by atoms with van der Waals surface area (Å²) in [5.41, 5.74) is 1.44. The Morgan fingerprint density at radius 2 is 2.29 bits per heavy atom. The molecule has 0 saturated carbocycles. The van der Waals surface area contributed by atoms with E-state index >= 15 is 0 Å². The van der Waals surface area contributed by atoms with Gasteiger partial charge in [-0.15, -0.1) is 5.10 Å². The number of amidine groups is 1. The molecule has 1 aromatic carbocycles. The van der Waals surface area contributed by atoms with Crippen LogP contribution < -0.4 is 5.32 Å². The molecule has 1 fully saturated rings. The number of hydrogen-bond acceptors (Lipinski definition) is 6. The van der Waals surface area contributed by atoms with Crippen LogP contribution in [0.15, 0.2) is 40.7 Å². The van der Waals surface area contributed by atoms with Gasteiger partial charge in [-0.05, 0) is 24.3 Å². The molecule has 1 amide bonds. The molecule has 0 spiro atoms. The van der Waals surface area contributed by atoms with Crippen molar-refractivity contribution in [2.75, 3.05) is 0 Å². The first-order valence-corrected chi connectivity index (χ1v) is 8.14. The highest BCUT2D eigenvalue weighted by Gasteiger charge is 2.32. The highest BCUT2D eigenvalue weighted by Crippen LogP contribution is 2.25. The summed E-state index contributed by atoms with van der Waals surface area (Å²) in [6, 6.07) is 7.25. The Morgan fingerprint density at radius 1 is 1.46 bits per heavy atom. The van der Waals surface area contributed by atoms with Gasteiger partial charge in [0, 0.05) is 17.1 Å². The van der Waals surface area contributed by atoms with Crippen molar-refractivity contribution in [1.29, 1.82) is 0 Å². The molecule has 7 nitrogen and oxygen atoms in total. The van der Waals surface area contributed by atoms with E-state index < -0.39 is 11.2 Å². The zero-order chi connectivity index (χ0) is 17.1. The molecule has 9 heteroatoms. The zero-order valence-corrected chi connectivity index (χ0v) is 13.7. The number of nitrogens with one attached hydrogen (secondary N) is 1. The fraction of sp³-hybridized carbons (Fsp3) is 0.133. The summed E-state index contributed by atoms with van der Waals surface area (Å²) in [6.07, 6.45) is 2.90. The summed E-state index contributed by atoms with van der Waals surface area (Å²) in [6.45, 7) is 0. The van der Waals surface area contributed by atoms with Gasteiger partial charge in [0.05, 0.1) is 23.2 Å². The van der Waals surface area contributed by atoms with E-state index in [-0.39, 0.29) is 17.5 Å². The summed E-state index contributed by atoms with van der Waals surface area (Å²) >= 11 is 7.36. The van der Waals surface area contributed by atoms with Crippen LogP contribution in [0.5, 0.6) is 0 Å². The predicted molar refractivity (Wildman–Crippen MR) is 93.6 cm³/mol. The second kappa shape index (κ2) is 6.98. The van der Waals surface area contributed by atoms with Crippen molar-refractivity contribution in [3.63, 3.8) is 0 Å². The number of amides is 1. The number of benzene rings is 1. The van der Waals surface area contributed by atoms with Crippen LogP contribution in [0.25, 0.3) is 10.9 Å². The first kappa shape index (κ1) is 16.4. The van der Waals surface area contributed by atoms with Crippen LogP contribution in [0, 0.1) is 0 Å². The smallest absolute Gasteiger partial charge is 0.305 e. The maximum atomic E-state index is 11.6. The molecule has 122 valence electrons. The standard InChI is InChI=1S/C15H11ClN4O3S/c16-13-8(3-4-10-9(13)2-1-5-17-10)7-18-20-15-19-14(23)11(24-15)6-12(21)22/h1-5,7,11H,6H2,(H,21,22)(H,19,20,23). The van der Waals surface area contributed by atoms with E-state index in [4.69, 9.17) is 16.7 Å². The lowest BCUT2D eigenvalue weighted by molar-refractivity contribution is -0.138. The molecule has 0 bridgehead atoms.